The molecule has 0 bridgehead atoms. The number of carbonyl (C=O) groups is 9. The minimum atomic E-state index is -1.25. The molecule has 4 aromatic heterocycles. The summed E-state index contributed by atoms with van der Waals surface area (Å²) < 4.78 is 36.0. The van der Waals surface area contributed by atoms with Crippen molar-refractivity contribution in [1.82, 2.24) is 18.3 Å². The fraction of sp³-hybridized carbons (Fsp3) is 0.298. The van der Waals surface area contributed by atoms with E-state index >= 15 is 0 Å². The molecule has 0 aliphatic rings. The Hall–Kier alpha value is -6.26. The standard InChI is InChI=1S/C12H16N2O4.C11H14N2O5.C11H14N2O4.C8H9NO4.C3H6O.CH2O3.CH4S.3Na.H2O/c1-5-6-18-12(16)13-9-7-14(3)10(8(2)15)11(9)17-4;1-4-5-18-11(16)12-7-6-13(2)8(10(14)15)9(7)17-3;1-4-5-17-11(16)12-8-6-13(3)9(7(2)14)10(8)15;1-4(10)6-7(11)5(8(12)13)3-9(6)2;1-2-3-4;2-1-4-3;1-2;;;;/h5,7H,1,6H2,2-4H3,(H,13,16);4,6H,1,5H2,2-3H3,(H,12,16)(H,14,15);4,6,15H,1,5H2,2-3H3,(H,12,16);3,11H,1-2H3,(H,12,13);2,4H,1,3H2;1,3H;2H,1H3;;;;1H2/q;;;;;;;;2*+1;/p-2/i;;;;;;1D;;;;. The number of nitrogens with zero attached hydrogens (tertiary/aromatic N) is 4. The average Bonchev–Trinajstić information content (AvgIpc) is 4.06. The third kappa shape index (κ3) is 30.9. The van der Waals surface area contributed by atoms with Gasteiger partial charge in [0, 0.05) is 105 Å². The van der Waals surface area contributed by atoms with Crippen LogP contribution in [0.2, 0.25) is 0 Å². The molecule has 0 saturated heterocycles. The van der Waals surface area contributed by atoms with E-state index < -0.39 is 36.0 Å². The molecule has 0 spiro atoms. The topological polar surface area (TPSA) is 419 Å². The van der Waals surface area contributed by atoms with Crippen molar-refractivity contribution in [3.05, 3.63) is 104 Å². The first-order valence-electron chi connectivity index (χ1n) is 21.6. The Kier molecular flexibility index (Phi) is 51.7. The molecule has 0 unspecified atom stereocenters. The number of carboxylic acid groups (broad SMARTS) is 2. The maximum Gasteiger partial charge on any atom is 1.00 e. The molecule has 0 saturated carbocycles. The number of aryl methyl sites for hydroxylation is 4. The van der Waals surface area contributed by atoms with Gasteiger partial charge in [-0.3, -0.25) is 35.1 Å². The normalized spacial score (nSPS) is 8.88. The summed E-state index contributed by atoms with van der Waals surface area (Å²) in [7, 11) is 9.08. The van der Waals surface area contributed by atoms with Gasteiger partial charge in [-0.15, -0.1) is 6.58 Å². The number of aromatic carboxylic acids is 2. The molecule has 0 atom stereocenters. The molecular formula is C47H65N7Na3O22S. The second-order valence-corrected chi connectivity index (χ2v) is 13.8. The van der Waals surface area contributed by atoms with E-state index in [0.717, 1.165) is 0 Å². The molecule has 29 nitrogen and oxygen atoms in total. The molecule has 0 aliphatic heterocycles. The van der Waals surface area contributed by atoms with E-state index in [4.69, 9.17) is 45.7 Å². The summed E-state index contributed by atoms with van der Waals surface area (Å²) in [4.78, 5) is 100. The van der Waals surface area contributed by atoms with E-state index in [-0.39, 0.29) is 196 Å². The summed E-state index contributed by atoms with van der Waals surface area (Å²) in [5.41, 5.74) is 0.958. The average molecular weight is 1180 g/mol. The van der Waals surface area contributed by atoms with Gasteiger partial charge < -0.3 is 83.1 Å². The number of carboxylic acids is 2. The number of methoxy groups -OCH3 is 2. The zero-order valence-corrected chi connectivity index (χ0v) is 53.4. The van der Waals surface area contributed by atoms with Crippen molar-refractivity contribution in [1.29, 1.82) is 0 Å². The Morgan fingerprint density at radius 3 is 1.15 bits per heavy atom. The zero-order valence-electron chi connectivity index (χ0n) is 47.5. The molecule has 0 aliphatic carbocycles. The van der Waals surface area contributed by atoms with Gasteiger partial charge >= 0.3 is 89.3 Å². The minimum Gasteiger partial charge on any atom is -0.870 e. The van der Waals surface area contributed by atoms with Crippen LogP contribution in [0.15, 0.2) is 75.4 Å². The van der Waals surface area contributed by atoms with E-state index in [9.17, 15) is 48.6 Å². The van der Waals surface area contributed by atoms with Crippen molar-refractivity contribution in [2.75, 3.05) is 62.8 Å². The van der Waals surface area contributed by atoms with Crippen LogP contribution >= 0.6 is 12.6 Å². The number of aliphatic hydroxyl groups excluding tert-OH is 1. The number of amides is 3. The van der Waals surface area contributed by atoms with Crippen LogP contribution in [0.25, 0.3) is 0 Å². The number of aromatic nitrogens is 4. The third-order valence-corrected chi connectivity index (χ3v) is 8.30. The number of thiol groups is 1. The number of rotatable bonds is 18. The van der Waals surface area contributed by atoms with Crippen LogP contribution in [0.3, 0.4) is 0 Å². The first-order valence-corrected chi connectivity index (χ1v) is 21.5. The van der Waals surface area contributed by atoms with E-state index in [0.29, 0.717) is 17.1 Å². The van der Waals surface area contributed by atoms with Crippen molar-refractivity contribution in [3.8, 4) is 23.0 Å². The summed E-state index contributed by atoms with van der Waals surface area (Å²) in [6.07, 6.45) is 9.52. The van der Waals surface area contributed by atoms with Gasteiger partial charge in [0.1, 0.15) is 59.5 Å². The molecule has 4 heterocycles. The number of aliphatic hydroxyl groups is 1. The van der Waals surface area contributed by atoms with Crippen LogP contribution in [0, 0.1) is 0 Å². The number of carbonyl (C=O) groups excluding carboxylic acids is 7. The van der Waals surface area contributed by atoms with Crippen molar-refractivity contribution in [2.24, 2.45) is 28.2 Å². The number of nitrogens with one attached hydrogen (secondary N) is 3. The Morgan fingerprint density at radius 1 is 0.613 bits per heavy atom. The van der Waals surface area contributed by atoms with Crippen LogP contribution in [0.1, 0.15) is 74.5 Å². The Balaban J connectivity index is -0.000000168. The first-order chi connectivity index (χ1) is 36.2. The molecule has 429 valence electrons. The second kappa shape index (κ2) is 48.6. The maximum atomic E-state index is 11.5. The number of aromatic hydroxyl groups is 2. The molecule has 4 rings (SSSR count). The Bertz CT molecular complexity index is 2570. The van der Waals surface area contributed by atoms with Gasteiger partial charge in [0.15, 0.2) is 46.0 Å². The molecule has 0 fully saturated rings. The number of Topliss-reactive ketones (excluding diaryl/α,β-unsaturated/α-hetero) is 3. The maximum absolute atomic E-state index is 11.5. The predicted molar refractivity (Wildman–Crippen MR) is 285 cm³/mol. The largest absolute Gasteiger partial charge is 1.00 e. The molecule has 33 heteroatoms. The first kappa shape index (κ1) is 85.0. The number of ketones is 3. The van der Waals surface area contributed by atoms with E-state index in [1.165, 1.54) is 106 Å². The van der Waals surface area contributed by atoms with Gasteiger partial charge in [-0.1, -0.05) is 44.0 Å². The van der Waals surface area contributed by atoms with Crippen LogP contribution < -0.4 is 89.8 Å². The fourth-order valence-corrected chi connectivity index (χ4v) is 5.60. The summed E-state index contributed by atoms with van der Waals surface area (Å²) in [5, 5.41) is 60.1. The van der Waals surface area contributed by atoms with Crippen LogP contribution in [0.4, 0.5) is 31.4 Å². The van der Waals surface area contributed by atoms with Gasteiger partial charge in [-0.25, -0.2) is 24.0 Å². The Labute approximate surface area is 534 Å². The van der Waals surface area contributed by atoms with Crippen LogP contribution in [-0.4, -0.2) is 180 Å². The van der Waals surface area contributed by atoms with Gasteiger partial charge in [-0.2, -0.15) is 12.6 Å². The molecule has 4 aromatic rings. The van der Waals surface area contributed by atoms with Crippen molar-refractivity contribution < 1.29 is 168 Å². The van der Waals surface area contributed by atoms with E-state index in [2.05, 4.69) is 64.5 Å². The molecular weight excluding hydrogens is 1120 g/mol. The van der Waals surface area contributed by atoms with E-state index in [1.54, 1.807) is 24.9 Å². The molecule has 3 amide bonds. The molecule has 9 N–H and O–H groups in total. The summed E-state index contributed by atoms with van der Waals surface area (Å²) in [5.74, 6) is -3.56. The molecule has 80 heavy (non-hydrogen) atoms. The second-order valence-electron chi connectivity index (χ2n) is 13.8. The van der Waals surface area contributed by atoms with Crippen LogP contribution in [-0.2, 0) is 52.1 Å². The smallest absolute Gasteiger partial charge is 0.870 e. The monoisotopic (exact) mass is 1180 g/mol. The van der Waals surface area contributed by atoms with Crippen molar-refractivity contribution >= 4 is 113 Å². The molecule has 0 aromatic carbocycles. The van der Waals surface area contributed by atoms with Crippen LogP contribution in [0.5, 0.6) is 23.0 Å². The third-order valence-electron chi connectivity index (χ3n) is 8.30. The number of hydrogen-bond acceptors (Lipinski definition) is 21. The fourth-order valence-electron chi connectivity index (χ4n) is 5.60. The summed E-state index contributed by atoms with van der Waals surface area (Å²) in [6.45, 7) is 17.6. The Morgan fingerprint density at radius 2 is 0.900 bits per heavy atom. The summed E-state index contributed by atoms with van der Waals surface area (Å²) >= 11 is 3.46. The van der Waals surface area contributed by atoms with E-state index in [1.807, 2.05) is 0 Å². The number of ether oxygens (including phenoxy) is 5. The summed E-state index contributed by atoms with van der Waals surface area (Å²) in [6, 6.07) is 0. The van der Waals surface area contributed by atoms with Gasteiger partial charge in [0.25, 0.3) is 6.47 Å². The quantitative estimate of drug-likeness (QED) is 0.00786. The van der Waals surface area contributed by atoms with Gasteiger partial charge in [0.05, 0.1) is 20.8 Å². The molecule has 1 radical (unpaired) electrons. The van der Waals surface area contributed by atoms with Crippen molar-refractivity contribution in [2.45, 2.75) is 20.8 Å². The number of hydrogen-bond donors (Lipinski definition) is 9. The SMILES string of the molecule is C=CCO.C=CCOC(=O)Nc1cn(C)c(C(=O)O)c1OC.C=CCOC(=O)Nc1cn(C)c(C(C)=O)c1O.C=CCOC(=O)Nc1cn(C)c(C(C)=O)c1OC.CC(=O)c1c(O)c(C(=O)O)cn1C.O=CO[O-].[2H]CS.[Na+].[Na+].[Na].[OH-]. The van der Waals surface area contributed by atoms with Gasteiger partial charge in [0.2, 0.25) is 0 Å². The number of anilines is 3. The minimum absolute atomic E-state index is 0. The predicted octanol–water partition coefficient (Wildman–Crippen LogP) is -1.67. The van der Waals surface area contributed by atoms with Gasteiger partial charge in [-0.05, 0) is 6.23 Å². The van der Waals surface area contributed by atoms with Crippen molar-refractivity contribution in [3.63, 3.8) is 0 Å². The zero-order chi connectivity index (χ0) is 60.1.